The molecule has 11 heteroatoms. The van der Waals surface area contributed by atoms with E-state index in [0.29, 0.717) is 21.9 Å². The summed E-state index contributed by atoms with van der Waals surface area (Å²) in [6.45, 7) is 3.43. The Morgan fingerprint density at radius 3 is 2.76 bits per heavy atom. The summed E-state index contributed by atoms with van der Waals surface area (Å²) in [5.41, 5.74) is 2.88. The highest BCUT2D eigenvalue weighted by Gasteiger charge is 2.18. The van der Waals surface area contributed by atoms with E-state index >= 15 is 0 Å². The molecule has 0 unspecified atom stereocenters. The molecule has 1 saturated heterocycles. The summed E-state index contributed by atoms with van der Waals surface area (Å²) in [4.78, 5) is 23.6. The molecule has 0 spiro atoms. The molecule has 1 aliphatic rings. The molecule has 0 saturated carbocycles. The Balaban J connectivity index is 1.33. The first-order valence-corrected chi connectivity index (χ1v) is 11.1. The number of piperazine rings is 1. The Kier molecular flexibility index (Phi) is 5.80. The molecule has 1 amide bonds. The van der Waals surface area contributed by atoms with Crippen LogP contribution in [0.5, 0.6) is 0 Å². The number of nitrogens with zero attached hydrogens (tertiary/aromatic N) is 5. The Bertz CT molecular complexity index is 1300. The molecule has 8 nitrogen and oxygen atoms in total. The number of amides is 1. The third-order valence-corrected chi connectivity index (χ3v) is 6.09. The van der Waals surface area contributed by atoms with Crippen LogP contribution in [0.4, 0.5) is 20.2 Å². The molecule has 4 aromatic rings. The number of carbonyl (C=O) groups is 1. The van der Waals surface area contributed by atoms with Crippen LogP contribution in [0.15, 0.2) is 54.4 Å². The van der Waals surface area contributed by atoms with Crippen LogP contribution in [0.1, 0.15) is 10.5 Å². The topological polar surface area (TPSA) is 88.0 Å². The summed E-state index contributed by atoms with van der Waals surface area (Å²) < 4.78 is 28.2. The number of halogens is 2. The van der Waals surface area contributed by atoms with Gasteiger partial charge in [-0.05, 0) is 23.8 Å². The summed E-state index contributed by atoms with van der Waals surface area (Å²) in [7, 11) is 0. The summed E-state index contributed by atoms with van der Waals surface area (Å²) in [5, 5.41) is 12.6. The average molecular weight is 468 g/mol. The molecule has 0 aliphatic carbocycles. The van der Waals surface area contributed by atoms with Gasteiger partial charge in [-0.15, -0.1) is 11.3 Å². The second-order valence-corrected chi connectivity index (χ2v) is 8.24. The van der Waals surface area contributed by atoms with Gasteiger partial charge in [0.15, 0.2) is 11.6 Å². The van der Waals surface area contributed by atoms with Crippen molar-refractivity contribution in [3.8, 4) is 16.3 Å². The highest BCUT2D eigenvalue weighted by Crippen LogP contribution is 2.26. The lowest BCUT2D eigenvalue weighted by Crippen LogP contribution is -2.43. The Morgan fingerprint density at radius 2 is 1.94 bits per heavy atom. The molecule has 3 aromatic heterocycles. The van der Waals surface area contributed by atoms with Crippen molar-refractivity contribution in [2.24, 2.45) is 0 Å². The number of pyridine rings is 1. The van der Waals surface area contributed by atoms with E-state index in [1.165, 1.54) is 28.3 Å². The largest absolute Gasteiger partial charge is 0.367 e. The zero-order chi connectivity index (χ0) is 22.8. The van der Waals surface area contributed by atoms with Gasteiger partial charge in [0.1, 0.15) is 5.69 Å². The van der Waals surface area contributed by atoms with E-state index in [9.17, 15) is 13.6 Å². The van der Waals surface area contributed by atoms with Crippen molar-refractivity contribution < 1.29 is 13.6 Å². The lowest BCUT2D eigenvalue weighted by atomic mass is 10.1. The van der Waals surface area contributed by atoms with Gasteiger partial charge < -0.3 is 15.5 Å². The quantitative estimate of drug-likeness (QED) is 0.468. The summed E-state index contributed by atoms with van der Waals surface area (Å²) in [5.74, 6) is -2.19. The SMILES string of the molecule is O=C(Nc1cnccc1N1CCNCC1)c1csc(-n2cc(-c3ccc(F)c(F)c3)cn2)n1. The van der Waals surface area contributed by atoms with Crippen LogP contribution in [0, 0.1) is 11.6 Å². The predicted octanol–water partition coefficient (Wildman–Crippen LogP) is 3.33. The zero-order valence-electron chi connectivity index (χ0n) is 17.3. The molecular weight excluding hydrogens is 448 g/mol. The predicted molar refractivity (Wildman–Crippen MR) is 122 cm³/mol. The third kappa shape index (κ3) is 4.45. The number of hydrogen-bond acceptors (Lipinski definition) is 7. The fraction of sp³-hybridized carbons (Fsp3) is 0.182. The molecule has 0 radical (unpaired) electrons. The number of hydrogen-bond donors (Lipinski definition) is 2. The Hall–Kier alpha value is -3.70. The van der Waals surface area contributed by atoms with Gasteiger partial charge in [-0.2, -0.15) is 5.10 Å². The Morgan fingerprint density at radius 1 is 1.09 bits per heavy atom. The minimum Gasteiger partial charge on any atom is -0.367 e. The summed E-state index contributed by atoms with van der Waals surface area (Å²) in [6, 6.07) is 5.55. The second kappa shape index (κ2) is 9.04. The molecule has 0 atom stereocenters. The third-order valence-electron chi connectivity index (χ3n) is 5.26. The smallest absolute Gasteiger partial charge is 0.275 e. The lowest BCUT2D eigenvalue weighted by Gasteiger charge is -2.30. The minimum atomic E-state index is -0.927. The van der Waals surface area contributed by atoms with Crippen molar-refractivity contribution in [1.82, 2.24) is 25.1 Å². The van der Waals surface area contributed by atoms with E-state index in [2.05, 4.69) is 30.6 Å². The van der Waals surface area contributed by atoms with Crippen molar-refractivity contribution in [3.05, 3.63) is 71.8 Å². The van der Waals surface area contributed by atoms with Gasteiger partial charge in [0.2, 0.25) is 5.13 Å². The monoisotopic (exact) mass is 467 g/mol. The van der Waals surface area contributed by atoms with Crippen molar-refractivity contribution in [2.75, 3.05) is 36.4 Å². The minimum absolute atomic E-state index is 0.245. The van der Waals surface area contributed by atoms with Gasteiger partial charge in [0.05, 0.1) is 23.8 Å². The second-order valence-electron chi connectivity index (χ2n) is 7.40. The lowest BCUT2D eigenvalue weighted by molar-refractivity contribution is 0.102. The van der Waals surface area contributed by atoms with Gasteiger partial charge in [0, 0.05) is 49.5 Å². The van der Waals surface area contributed by atoms with Crippen molar-refractivity contribution in [1.29, 1.82) is 0 Å². The van der Waals surface area contributed by atoms with Crippen LogP contribution < -0.4 is 15.5 Å². The fourth-order valence-corrected chi connectivity index (χ4v) is 4.31. The van der Waals surface area contributed by atoms with E-state index in [1.54, 1.807) is 24.0 Å². The number of benzene rings is 1. The molecule has 0 bridgehead atoms. The van der Waals surface area contributed by atoms with Crippen LogP contribution in [-0.2, 0) is 0 Å². The maximum absolute atomic E-state index is 13.5. The molecule has 1 fully saturated rings. The maximum Gasteiger partial charge on any atom is 0.275 e. The van der Waals surface area contributed by atoms with Gasteiger partial charge >= 0.3 is 0 Å². The first-order chi connectivity index (χ1) is 16.1. The van der Waals surface area contributed by atoms with Crippen LogP contribution in [0.3, 0.4) is 0 Å². The summed E-state index contributed by atoms with van der Waals surface area (Å²) >= 11 is 1.25. The molecule has 2 N–H and O–H groups in total. The van der Waals surface area contributed by atoms with E-state index in [0.717, 1.165) is 44.0 Å². The average Bonchev–Trinajstić information content (AvgIpc) is 3.52. The first kappa shape index (κ1) is 21.2. The molecule has 1 aliphatic heterocycles. The fourth-order valence-electron chi connectivity index (χ4n) is 3.58. The van der Waals surface area contributed by atoms with Crippen LogP contribution in [0.25, 0.3) is 16.3 Å². The number of nitrogens with one attached hydrogen (secondary N) is 2. The van der Waals surface area contributed by atoms with Crippen LogP contribution >= 0.6 is 11.3 Å². The van der Waals surface area contributed by atoms with E-state index < -0.39 is 11.6 Å². The maximum atomic E-state index is 13.5. The molecule has 168 valence electrons. The highest BCUT2D eigenvalue weighted by molar-refractivity contribution is 7.12. The van der Waals surface area contributed by atoms with Gasteiger partial charge in [-0.1, -0.05) is 6.07 Å². The van der Waals surface area contributed by atoms with Crippen LogP contribution in [-0.4, -0.2) is 51.8 Å². The molecule has 1 aromatic carbocycles. The van der Waals surface area contributed by atoms with E-state index in [1.807, 2.05) is 6.07 Å². The zero-order valence-corrected chi connectivity index (χ0v) is 18.1. The molecular formula is C22H19F2N7OS. The van der Waals surface area contributed by atoms with Crippen molar-refractivity contribution in [2.45, 2.75) is 0 Å². The molecule has 4 heterocycles. The number of thiazole rings is 1. The number of anilines is 2. The summed E-state index contributed by atoms with van der Waals surface area (Å²) in [6.07, 6.45) is 6.51. The number of rotatable bonds is 5. The first-order valence-electron chi connectivity index (χ1n) is 10.3. The molecule has 33 heavy (non-hydrogen) atoms. The van der Waals surface area contributed by atoms with Gasteiger partial charge in [0.25, 0.3) is 5.91 Å². The number of carbonyl (C=O) groups excluding carboxylic acids is 1. The number of aromatic nitrogens is 4. The Labute approximate surface area is 191 Å². The molecule has 5 rings (SSSR count). The van der Waals surface area contributed by atoms with Gasteiger partial charge in [-0.25, -0.2) is 18.4 Å². The highest BCUT2D eigenvalue weighted by atomic mass is 32.1. The van der Waals surface area contributed by atoms with E-state index in [-0.39, 0.29) is 11.6 Å². The van der Waals surface area contributed by atoms with Crippen molar-refractivity contribution in [3.63, 3.8) is 0 Å². The van der Waals surface area contributed by atoms with Crippen molar-refractivity contribution >= 4 is 28.6 Å². The normalized spacial score (nSPS) is 13.8. The van der Waals surface area contributed by atoms with Crippen LogP contribution in [0.2, 0.25) is 0 Å². The standard InChI is InChI=1S/C22H19F2N7OS/c23-16-2-1-14(9-17(16)24)15-10-27-31(12-15)22-29-19(13-33-22)21(32)28-18-11-26-4-3-20(18)30-7-5-25-6-8-30/h1-4,9-13,25H,5-8H2,(H,28,32). The van der Waals surface area contributed by atoms with E-state index in [4.69, 9.17) is 0 Å². The van der Waals surface area contributed by atoms with Gasteiger partial charge in [-0.3, -0.25) is 9.78 Å².